The topological polar surface area (TPSA) is 3.24 Å². The molecule has 0 saturated carbocycles. The molecule has 0 aromatic carbocycles. The highest BCUT2D eigenvalue weighted by Gasteiger charge is 2.22. The van der Waals surface area contributed by atoms with E-state index in [1.165, 1.54) is 25.3 Å². The second-order valence-corrected chi connectivity index (χ2v) is 4.72. The van der Waals surface area contributed by atoms with Gasteiger partial charge in [-0.2, -0.15) is 11.8 Å². The van der Waals surface area contributed by atoms with Crippen molar-refractivity contribution in [2.75, 3.05) is 25.1 Å². The summed E-state index contributed by atoms with van der Waals surface area (Å²) in [7, 11) is 0. The van der Waals surface area contributed by atoms with E-state index in [1.54, 1.807) is 0 Å². The minimum atomic E-state index is 0.379. The minimum absolute atomic E-state index is 0.379. The van der Waals surface area contributed by atoms with Gasteiger partial charge in [0.15, 0.2) is 0 Å². The zero-order chi connectivity index (χ0) is 9.61. The monoisotopic (exact) mass is 189 g/mol. The lowest BCUT2D eigenvalue weighted by atomic mass is 9.99. The predicted octanol–water partition coefficient (Wildman–Crippen LogP) is 2.86. The lowest BCUT2D eigenvalue weighted by molar-refractivity contribution is 0.132. The van der Waals surface area contributed by atoms with Crippen molar-refractivity contribution in [1.29, 1.82) is 0 Å². The first-order valence-electron chi connectivity index (χ1n) is 4.82. The van der Waals surface area contributed by atoms with E-state index in [9.17, 15) is 0 Å². The highest BCUT2D eigenvalue weighted by molar-refractivity contribution is 7.98. The van der Waals surface area contributed by atoms with Gasteiger partial charge in [0.1, 0.15) is 0 Å². The van der Waals surface area contributed by atoms with Gasteiger partial charge in [0, 0.05) is 17.8 Å². The van der Waals surface area contributed by atoms with Crippen LogP contribution >= 0.6 is 11.8 Å². The van der Waals surface area contributed by atoms with Crippen molar-refractivity contribution < 1.29 is 0 Å². The van der Waals surface area contributed by atoms with Crippen LogP contribution in [0.1, 0.15) is 34.1 Å². The average molecular weight is 189 g/mol. The molecule has 1 nitrogen and oxygen atoms in total. The summed E-state index contributed by atoms with van der Waals surface area (Å²) in [6, 6.07) is 0. The van der Waals surface area contributed by atoms with Gasteiger partial charge in [-0.15, -0.1) is 0 Å². The van der Waals surface area contributed by atoms with Gasteiger partial charge in [-0.25, -0.2) is 0 Å². The van der Waals surface area contributed by atoms with Gasteiger partial charge in [-0.05, 0) is 33.1 Å². The average Bonchev–Trinajstić information content (AvgIpc) is 2.05. The summed E-state index contributed by atoms with van der Waals surface area (Å²) < 4.78 is 0. The summed E-state index contributed by atoms with van der Waals surface area (Å²) in [6.45, 7) is 11.6. The molecular formula is C10H23NS. The highest BCUT2D eigenvalue weighted by Crippen LogP contribution is 2.18. The van der Waals surface area contributed by atoms with Crippen LogP contribution in [-0.4, -0.2) is 35.5 Å². The van der Waals surface area contributed by atoms with Crippen LogP contribution < -0.4 is 0 Å². The maximum atomic E-state index is 2.56. The summed E-state index contributed by atoms with van der Waals surface area (Å²) in [4.78, 5) is 2.56. The lowest BCUT2D eigenvalue weighted by Crippen LogP contribution is -2.44. The molecule has 0 rings (SSSR count). The molecule has 0 atom stereocenters. The molecular weight excluding hydrogens is 166 g/mol. The van der Waals surface area contributed by atoms with Gasteiger partial charge in [0.25, 0.3) is 0 Å². The van der Waals surface area contributed by atoms with Crippen molar-refractivity contribution in [3.63, 3.8) is 0 Å². The Morgan fingerprint density at radius 3 is 2.17 bits per heavy atom. The van der Waals surface area contributed by atoms with Gasteiger partial charge in [0.05, 0.1) is 0 Å². The lowest BCUT2D eigenvalue weighted by Gasteiger charge is -2.37. The molecule has 0 N–H and O–H groups in total. The smallest absolute Gasteiger partial charge is 0.0150 e. The Morgan fingerprint density at radius 1 is 1.25 bits per heavy atom. The zero-order valence-corrected chi connectivity index (χ0v) is 10.0. The van der Waals surface area contributed by atoms with Crippen LogP contribution in [-0.2, 0) is 0 Å². The number of thioether (sulfide) groups is 1. The molecule has 0 amide bonds. The third-order valence-electron chi connectivity index (χ3n) is 2.67. The Kier molecular flexibility index (Phi) is 6.02. The summed E-state index contributed by atoms with van der Waals surface area (Å²) in [5, 5.41) is 0. The molecule has 0 radical (unpaired) electrons. The van der Waals surface area contributed by atoms with E-state index in [-0.39, 0.29) is 0 Å². The van der Waals surface area contributed by atoms with E-state index in [2.05, 4.69) is 38.9 Å². The molecule has 0 spiro atoms. The van der Waals surface area contributed by atoms with Crippen LogP contribution in [0.2, 0.25) is 0 Å². The van der Waals surface area contributed by atoms with Crippen LogP contribution in [0.15, 0.2) is 0 Å². The quantitative estimate of drug-likeness (QED) is 0.632. The minimum Gasteiger partial charge on any atom is -0.298 e. The fourth-order valence-electron chi connectivity index (χ4n) is 1.31. The maximum absolute atomic E-state index is 2.56. The number of rotatable bonds is 6. The summed E-state index contributed by atoms with van der Waals surface area (Å²) in [5.74, 6) is 1.25. The van der Waals surface area contributed by atoms with E-state index >= 15 is 0 Å². The number of hydrogen-bond donors (Lipinski definition) is 0. The van der Waals surface area contributed by atoms with Crippen LogP contribution in [0.4, 0.5) is 0 Å². The number of nitrogens with zero attached hydrogens (tertiary/aromatic N) is 1. The first kappa shape index (κ1) is 12.3. The second-order valence-electron chi connectivity index (χ2n) is 3.74. The van der Waals surface area contributed by atoms with E-state index in [0.29, 0.717) is 5.54 Å². The molecule has 2 heteroatoms. The molecule has 12 heavy (non-hydrogen) atoms. The van der Waals surface area contributed by atoms with Crippen molar-refractivity contribution in [3.8, 4) is 0 Å². The molecule has 0 aromatic heterocycles. The Labute approximate surface area is 81.9 Å². The first-order chi connectivity index (χ1) is 5.58. The van der Waals surface area contributed by atoms with Crippen LogP contribution in [0.5, 0.6) is 0 Å². The Morgan fingerprint density at radius 2 is 1.83 bits per heavy atom. The third kappa shape index (κ3) is 3.81. The summed E-state index contributed by atoms with van der Waals surface area (Å²) in [5.41, 5.74) is 0.379. The Hall–Kier alpha value is 0.310. The number of hydrogen-bond acceptors (Lipinski definition) is 2. The Balaban J connectivity index is 3.95. The van der Waals surface area contributed by atoms with Crippen molar-refractivity contribution >= 4 is 11.8 Å². The van der Waals surface area contributed by atoms with Crippen LogP contribution in [0.3, 0.4) is 0 Å². The molecule has 74 valence electrons. The van der Waals surface area contributed by atoms with Gasteiger partial charge < -0.3 is 0 Å². The molecule has 0 aliphatic rings. The van der Waals surface area contributed by atoms with Crippen molar-refractivity contribution in [2.45, 2.75) is 39.7 Å². The summed E-state index contributed by atoms with van der Waals surface area (Å²) in [6.07, 6.45) is 3.40. The van der Waals surface area contributed by atoms with Gasteiger partial charge in [-0.1, -0.05) is 13.8 Å². The SMILES string of the molecule is CCN(CCSC)C(C)(C)CC. The Bertz CT molecular complexity index is 112. The van der Waals surface area contributed by atoms with Crippen molar-refractivity contribution in [3.05, 3.63) is 0 Å². The molecule has 0 saturated heterocycles. The van der Waals surface area contributed by atoms with E-state index in [4.69, 9.17) is 0 Å². The fourth-order valence-corrected chi connectivity index (χ4v) is 1.72. The van der Waals surface area contributed by atoms with E-state index < -0.39 is 0 Å². The van der Waals surface area contributed by atoms with E-state index in [0.717, 1.165) is 0 Å². The fraction of sp³-hybridized carbons (Fsp3) is 1.00. The standard InChI is InChI=1S/C10H23NS/c1-6-10(3,4)11(7-2)8-9-12-5/h6-9H2,1-5H3. The van der Waals surface area contributed by atoms with E-state index in [1.807, 2.05) is 11.8 Å². The third-order valence-corrected chi connectivity index (χ3v) is 3.26. The van der Waals surface area contributed by atoms with Gasteiger partial charge in [0.2, 0.25) is 0 Å². The van der Waals surface area contributed by atoms with Crippen molar-refractivity contribution in [1.82, 2.24) is 4.90 Å². The molecule has 0 bridgehead atoms. The highest BCUT2D eigenvalue weighted by atomic mass is 32.2. The molecule has 0 heterocycles. The van der Waals surface area contributed by atoms with Crippen molar-refractivity contribution in [2.24, 2.45) is 0 Å². The zero-order valence-electron chi connectivity index (χ0n) is 9.18. The normalized spacial score (nSPS) is 12.5. The molecule has 0 aliphatic heterocycles. The molecule has 0 fully saturated rings. The first-order valence-corrected chi connectivity index (χ1v) is 6.21. The van der Waals surface area contributed by atoms with Gasteiger partial charge >= 0.3 is 0 Å². The largest absolute Gasteiger partial charge is 0.298 e. The van der Waals surface area contributed by atoms with Crippen LogP contribution in [0.25, 0.3) is 0 Å². The molecule has 0 aliphatic carbocycles. The summed E-state index contributed by atoms with van der Waals surface area (Å²) >= 11 is 1.93. The second kappa shape index (κ2) is 5.87. The molecule has 0 unspecified atom stereocenters. The predicted molar refractivity (Wildman–Crippen MR) is 60.0 cm³/mol. The van der Waals surface area contributed by atoms with Gasteiger partial charge in [-0.3, -0.25) is 4.90 Å². The maximum Gasteiger partial charge on any atom is 0.0150 e. The van der Waals surface area contributed by atoms with Crippen LogP contribution in [0, 0.1) is 0 Å². The molecule has 0 aromatic rings.